The number of amides is 2. The Bertz CT molecular complexity index is 933. The average Bonchev–Trinajstić information content (AvgIpc) is 3.15. The van der Waals surface area contributed by atoms with Gasteiger partial charge in [-0.3, -0.25) is 19.3 Å². The van der Waals surface area contributed by atoms with Crippen molar-refractivity contribution in [3.63, 3.8) is 0 Å². The maximum Gasteiger partial charge on any atom is 0.325 e. The summed E-state index contributed by atoms with van der Waals surface area (Å²) in [5.74, 6) is -0.120. The van der Waals surface area contributed by atoms with Crippen molar-refractivity contribution in [3.05, 3.63) is 51.0 Å². The van der Waals surface area contributed by atoms with Crippen molar-refractivity contribution in [1.29, 1.82) is 0 Å². The molecule has 1 saturated heterocycles. The first-order chi connectivity index (χ1) is 12.4. The molecular formula is C18H14BrNO5S. The molecule has 0 saturated carbocycles. The van der Waals surface area contributed by atoms with E-state index in [1.54, 1.807) is 12.1 Å². The van der Waals surface area contributed by atoms with Crippen LogP contribution in [0.5, 0.6) is 0 Å². The van der Waals surface area contributed by atoms with E-state index >= 15 is 0 Å². The summed E-state index contributed by atoms with van der Waals surface area (Å²) in [7, 11) is 1.20. The molecule has 0 aliphatic carbocycles. The third kappa shape index (κ3) is 3.76. The van der Waals surface area contributed by atoms with Gasteiger partial charge in [0.25, 0.3) is 11.1 Å². The summed E-state index contributed by atoms with van der Waals surface area (Å²) in [6.07, 6.45) is 1.49. The molecule has 2 aromatic rings. The molecule has 1 aliphatic rings. The zero-order chi connectivity index (χ0) is 18.8. The van der Waals surface area contributed by atoms with Crippen LogP contribution in [0.15, 0.2) is 44.1 Å². The zero-order valence-corrected chi connectivity index (χ0v) is 16.3. The van der Waals surface area contributed by atoms with Gasteiger partial charge in [-0.15, -0.1) is 0 Å². The van der Waals surface area contributed by atoms with Crippen LogP contribution < -0.4 is 0 Å². The topological polar surface area (TPSA) is 76.8 Å². The first-order valence-electron chi connectivity index (χ1n) is 7.57. The third-order valence-electron chi connectivity index (χ3n) is 3.68. The third-order valence-corrected chi connectivity index (χ3v) is 5.24. The summed E-state index contributed by atoms with van der Waals surface area (Å²) in [5.41, 5.74) is 2.00. The van der Waals surface area contributed by atoms with Gasteiger partial charge < -0.3 is 9.15 Å². The Kier molecular flexibility index (Phi) is 5.33. The molecule has 2 amide bonds. The van der Waals surface area contributed by atoms with Crippen molar-refractivity contribution in [2.75, 3.05) is 13.7 Å². The first kappa shape index (κ1) is 18.5. The summed E-state index contributed by atoms with van der Waals surface area (Å²) in [5, 5.41) is -0.514. The lowest BCUT2D eigenvalue weighted by molar-refractivity contribution is -0.143. The van der Waals surface area contributed by atoms with Gasteiger partial charge in [-0.2, -0.15) is 0 Å². The highest BCUT2D eigenvalue weighted by molar-refractivity contribution is 9.10. The summed E-state index contributed by atoms with van der Waals surface area (Å²) >= 11 is 4.27. The number of carbonyl (C=O) groups is 3. The number of aryl methyl sites for hydroxylation is 1. The molecule has 1 aliphatic heterocycles. The molecule has 3 rings (SSSR count). The van der Waals surface area contributed by atoms with Gasteiger partial charge in [-0.1, -0.05) is 22.0 Å². The molecule has 0 spiro atoms. The lowest BCUT2D eigenvalue weighted by atomic mass is 10.1. The summed E-state index contributed by atoms with van der Waals surface area (Å²) < 4.78 is 11.2. The highest BCUT2D eigenvalue weighted by Crippen LogP contribution is 2.34. The zero-order valence-electron chi connectivity index (χ0n) is 13.9. The molecule has 0 unspecified atom stereocenters. The molecule has 0 N–H and O–H groups in total. The van der Waals surface area contributed by atoms with Crippen LogP contribution in [0.3, 0.4) is 0 Å². The maximum atomic E-state index is 12.3. The predicted molar refractivity (Wildman–Crippen MR) is 101 cm³/mol. The number of carbonyl (C=O) groups excluding carboxylic acids is 3. The number of esters is 1. The first-order valence-corrected chi connectivity index (χ1v) is 9.18. The maximum absolute atomic E-state index is 12.3. The van der Waals surface area contributed by atoms with Crippen molar-refractivity contribution in [1.82, 2.24) is 4.90 Å². The van der Waals surface area contributed by atoms with E-state index in [0.29, 0.717) is 11.5 Å². The molecule has 0 atom stereocenters. The second-order valence-corrected chi connectivity index (χ2v) is 7.38. The van der Waals surface area contributed by atoms with Crippen LogP contribution in [0.25, 0.3) is 17.4 Å². The number of benzene rings is 1. The van der Waals surface area contributed by atoms with Crippen LogP contribution in [0.4, 0.5) is 4.79 Å². The molecule has 0 radical (unpaired) electrons. The minimum absolute atomic E-state index is 0.197. The predicted octanol–water partition coefficient (Wildman–Crippen LogP) is 4.23. The van der Waals surface area contributed by atoms with E-state index in [-0.39, 0.29) is 4.91 Å². The molecule has 1 aromatic carbocycles. The Labute approximate surface area is 162 Å². The highest BCUT2D eigenvalue weighted by Gasteiger charge is 2.36. The number of ether oxygens (including phenoxy) is 1. The lowest BCUT2D eigenvalue weighted by Crippen LogP contribution is -2.34. The quantitative estimate of drug-likeness (QED) is 0.528. The van der Waals surface area contributed by atoms with Gasteiger partial charge >= 0.3 is 5.97 Å². The van der Waals surface area contributed by atoms with Crippen LogP contribution in [-0.4, -0.2) is 35.7 Å². The fraction of sp³-hybridized carbons (Fsp3) is 0.167. The van der Waals surface area contributed by atoms with Gasteiger partial charge in [-0.25, -0.2) is 0 Å². The minimum atomic E-state index is -0.655. The number of hydrogen-bond donors (Lipinski definition) is 0. The smallest absolute Gasteiger partial charge is 0.325 e. The Morgan fingerprint density at radius 3 is 2.77 bits per heavy atom. The monoisotopic (exact) mass is 435 g/mol. The van der Waals surface area contributed by atoms with E-state index < -0.39 is 23.7 Å². The fourth-order valence-electron chi connectivity index (χ4n) is 2.35. The van der Waals surface area contributed by atoms with Crippen LogP contribution in [-0.2, 0) is 14.3 Å². The second-order valence-electron chi connectivity index (χ2n) is 5.53. The molecule has 1 fully saturated rings. The Hall–Kier alpha value is -2.32. The van der Waals surface area contributed by atoms with Crippen molar-refractivity contribution < 1.29 is 23.5 Å². The van der Waals surface area contributed by atoms with Crippen molar-refractivity contribution >= 4 is 50.9 Å². The molecule has 2 heterocycles. The van der Waals surface area contributed by atoms with Gasteiger partial charge in [0, 0.05) is 16.1 Å². The van der Waals surface area contributed by atoms with E-state index in [2.05, 4.69) is 20.7 Å². The van der Waals surface area contributed by atoms with E-state index in [1.807, 2.05) is 25.1 Å². The molecule has 134 valence electrons. The minimum Gasteiger partial charge on any atom is -0.468 e. The number of furan rings is 1. The van der Waals surface area contributed by atoms with Gasteiger partial charge in [-0.05, 0) is 48.5 Å². The number of hydrogen-bond acceptors (Lipinski definition) is 6. The Morgan fingerprint density at radius 2 is 2.08 bits per heavy atom. The number of halogens is 1. The highest BCUT2D eigenvalue weighted by atomic mass is 79.9. The molecule has 0 bridgehead atoms. The van der Waals surface area contributed by atoms with Gasteiger partial charge in [0.1, 0.15) is 18.1 Å². The average molecular weight is 436 g/mol. The van der Waals surface area contributed by atoms with E-state index in [0.717, 1.165) is 32.3 Å². The van der Waals surface area contributed by atoms with Crippen molar-refractivity contribution in [2.45, 2.75) is 6.92 Å². The Morgan fingerprint density at radius 1 is 1.31 bits per heavy atom. The molecule has 6 nitrogen and oxygen atoms in total. The summed E-state index contributed by atoms with van der Waals surface area (Å²) in [6, 6.07) is 9.40. The number of imide groups is 1. The van der Waals surface area contributed by atoms with Crippen LogP contribution in [0.2, 0.25) is 0 Å². The Balaban J connectivity index is 1.83. The van der Waals surface area contributed by atoms with Crippen molar-refractivity contribution in [2.24, 2.45) is 0 Å². The fourth-order valence-corrected chi connectivity index (χ4v) is 3.86. The lowest BCUT2D eigenvalue weighted by Gasteiger charge is -2.09. The number of rotatable bonds is 4. The number of nitrogens with zero attached hydrogens (tertiary/aromatic N) is 1. The van der Waals surface area contributed by atoms with E-state index in [4.69, 9.17) is 4.42 Å². The summed E-state index contributed by atoms with van der Waals surface area (Å²) in [4.78, 5) is 36.6. The van der Waals surface area contributed by atoms with Gasteiger partial charge in [0.2, 0.25) is 0 Å². The van der Waals surface area contributed by atoms with Crippen LogP contribution >= 0.6 is 27.7 Å². The van der Waals surface area contributed by atoms with Crippen LogP contribution in [0.1, 0.15) is 11.3 Å². The van der Waals surface area contributed by atoms with Gasteiger partial charge in [0.15, 0.2) is 0 Å². The van der Waals surface area contributed by atoms with Crippen LogP contribution in [0, 0.1) is 6.92 Å². The molecule has 26 heavy (non-hydrogen) atoms. The standard InChI is InChI=1S/C18H14BrNO5S/c1-10-3-5-12(13(19)7-10)14-6-4-11(25-14)8-15-17(22)20(18(23)26-15)9-16(21)24-2/h3-8H,9H2,1-2H3. The number of thioether (sulfide) groups is 1. The second kappa shape index (κ2) is 7.51. The molecule has 8 heteroatoms. The number of methoxy groups -OCH3 is 1. The molecule has 1 aromatic heterocycles. The van der Waals surface area contributed by atoms with Gasteiger partial charge in [0.05, 0.1) is 12.0 Å². The van der Waals surface area contributed by atoms with Crippen molar-refractivity contribution in [3.8, 4) is 11.3 Å². The SMILES string of the molecule is COC(=O)CN1C(=O)SC(=Cc2ccc(-c3ccc(C)cc3Br)o2)C1=O. The van der Waals surface area contributed by atoms with E-state index in [1.165, 1.54) is 13.2 Å². The largest absolute Gasteiger partial charge is 0.468 e. The summed E-state index contributed by atoms with van der Waals surface area (Å²) in [6.45, 7) is 1.59. The normalized spacial score (nSPS) is 15.8. The molecular weight excluding hydrogens is 422 g/mol. The van der Waals surface area contributed by atoms with E-state index in [9.17, 15) is 14.4 Å².